The Labute approximate surface area is 163 Å². The molecule has 140 valence electrons. The molecule has 0 aliphatic rings. The van der Waals surface area contributed by atoms with Crippen LogP contribution < -0.4 is 10.6 Å². The number of nitrogens with one attached hydrogen (secondary N) is 2. The van der Waals surface area contributed by atoms with E-state index in [0.717, 1.165) is 58.2 Å². The van der Waals surface area contributed by atoms with E-state index in [1.54, 1.807) is 0 Å². The fraction of sp³-hybridized carbons (Fsp3) is 0.765. The van der Waals surface area contributed by atoms with E-state index in [1.165, 1.54) is 6.42 Å². The van der Waals surface area contributed by atoms with Gasteiger partial charge in [-0.2, -0.15) is 5.10 Å². The number of rotatable bonds is 12. The summed E-state index contributed by atoms with van der Waals surface area (Å²) in [7, 11) is 0. The molecule has 1 aromatic heterocycles. The summed E-state index contributed by atoms with van der Waals surface area (Å²) in [5, 5.41) is 10.9. The Balaban J connectivity index is 0.00000529. The zero-order valence-electron chi connectivity index (χ0n) is 15.3. The van der Waals surface area contributed by atoms with E-state index < -0.39 is 0 Å². The lowest BCUT2D eigenvalue weighted by Crippen LogP contribution is -2.38. The molecule has 0 fully saturated rings. The molecule has 0 bridgehead atoms. The average Bonchev–Trinajstić information content (AvgIpc) is 3.04. The fourth-order valence-corrected chi connectivity index (χ4v) is 2.10. The molecular formula is C17H34IN5O. The summed E-state index contributed by atoms with van der Waals surface area (Å²) in [5.41, 5.74) is 0. The van der Waals surface area contributed by atoms with Crippen LogP contribution >= 0.6 is 24.0 Å². The van der Waals surface area contributed by atoms with Crippen molar-refractivity contribution in [3.8, 4) is 0 Å². The third-order valence-electron chi connectivity index (χ3n) is 3.36. The molecule has 0 aromatic carbocycles. The minimum atomic E-state index is 0. The highest BCUT2D eigenvalue weighted by atomic mass is 127. The first-order valence-corrected chi connectivity index (χ1v) is 8.83. The molecule has 1 aromatic rings. The van der Waals surface area contributed by atoms with Gasteiger partial charge in [0, 0.05) is 51.8 Å². The lowest BCUT2D eigenvalue weighted by Gasteiger charge is -2.13. The fourth-order valence-electron chi connectivity index (χ4n) is 2.10. The number of aromatic nitrogens is 2. The summed E-state index contributed by atoms with van der Waals surface area (Å²) in [6.07, 6.45) is 7.13. The van der Waals surface area contributed by atoms with Gasteiger partial charge in [0.25, 0.3) is 0 Å². The summed E-state index contributed by atoms with van der Waals surface area (Å²) >= 11 is 0. The van der Waals surface area contributed by atoms with Crippen LogP contribution in [-0.2, 0) is 11.3 Å². The Morgan fingerprint density at radius 1 is 1.25 bits per heavy atom. The van der Waals surface area contributed by atoms with Crippen LogP contribution in [0.5, 0.6) is 0 Å². The van der Waals surface area contributed by atoms with Gasteiger partial charge in [-0.1, -0.05) is 20.3 Å². The first kappa shape index (κ1) is 23.2. The molecule has 1 heterocycles. The van der Waals surface area contributed by atoms with Crippen LogP contribution in [0.2, 0.25) is 0 Å². The van der Waals surface area contributed by atoms with Gasteiger partial charge in [-0.25, -0.2) is 0 Å². The van der Waals surface area contributed by atoms with Crippen molar-refractivity contribution < 1.29 is 4.74 Å². The maximum atomic E-state index is 5.56. The second kappa shape index (κ2) is 15.7. The highest BCUT2D eigenvalue weighted by Gasteiger charge is 2.04. The molecule has 0 aliphatic heterocycles. The number of halogens is 1. The summed E-state index contributed by atoms with van der Waals surface area (Å²) in [4.78, 5) is 4.65. The molecular weight excluding hydrogens is 417 g/mol. The number of ether oxygens (including phenoxy) is 1. The van der Waals surface area contributed by atoms with E-state index in [-0.39, 0.29) is 24.0 Å². The van der Waals surface area contributed by atoms with Crippen molar-refractivity contribution in [2.24, 2.45) is 10.9 Å². The van der Waals surface area contributed by atoms with Crippen molar-refractivity contribution in [2.45, 2.75) is 46.6 Å². The first-order valence-electron chi connectivity index (χ1n) is 8.83. The molecule has 0 saturated heterocycles. The van der Waals surface area contributed by atoms with Crippen LogP contribution in [0.15, 0.2) is 23.5 Å². The summed E-state index contributed by atoms with van der Waals surface area (Å²) in [5.74, 6) is 1.33. The van der Waals surface area contributed by atoms with Crippen molar-refractivity contribution in [1.82, 2.24) is 20.4 Å². The molecule has 0 aliphatic carbocycles. The van der Waals surface area contributed by atoms with E-state index in [2.05, 4.69) is 41.5 Å². The third-order valence-corrected chi connectivity index (χ3v) is 3.36. The van der Waals surface area contributed by atoms with Gasteiger partial charge in [-0.05, 0) is 31.7 Å². The smallest absolute Gasteiger partial charge is 0.191 e. The van der Waals surface area contributed by atoms with Crippen LogP contribution in [0.25, 0.3) is 0 Å². The quantitative estimate of drug-likeness (QED) is 0.222. The Bertz CT molecular complexity index is 411. The van der Waals surface area contributed by atoms with Gasteiger partial charge in [0.15, 0.2) is 5.96 Å². The maximum Gasteiger partial charge on any atom is 0.191 e. The summed E-state index contributed by atoms with van der Waals surface area (Å²) < 4.78 is 7.52. The number of nitrogens with zero attached hydrogens (tertiary/aromatic N) is 3. The molecule has 24 heavy (non-hydrogen) atoms. The third kappa shape index (κ3) is 11.7. The van der Waals surface area contributed by atoms with E-state index >= 15 is 0 Å². The lowest BCUT2D eigenvalue weighted by atomic mass is 10.2. The summed E-state index contributed by atoms with van der Waals surface area (Å²) in [6, 6.07) is 1.95. The van der Waals surface area contributed by atoms with Crippen molar-refractivity contribution >= 4 is 29.9 Å². The van der Waals surface area contributed by atoms with Crippen molar-refractivity contribution in [1.29, 1.82) is 0 Å². The second-order valence-corrected chi connectivity index (χ2v) is 5.80. The van der Waals surface area contributed by atoms with Crippen LogP contribution in [0.1, 0.15) is 40.0 Å². The van der Waals surface area contributed by atoms with Gasteiger partial charge < -0.3 is 15.4 Å². The predicted molar refractivity (Wildman–Crippen MR) is 111 cm³/mol. The Morgan fingerprint density at radius 3 is 2.71 bits per heavy atom. The topological polar surface area (TPSA) is 63.5 Å². The zero-order valence-corrected chi connectivity index (χ0v) is 17.7. The molecule has 1 atom stereocenters. The monoisotopic (exact) mass is 451 g/mol. The Kier molecular flexibility index (Phi) is 15.1. The van der Waals surface area contributed by atoms with Gasteiger partial charge in [0.2, 0.25) is 0 Å². The minimum absolute atomic E-state index is 0. The maximum absolute atomic E-state index is 5.56. The van der Waals surface area contributed by atoms with E-state index in [1.807, 2.05) is 23.1 Å². The van der Waals surface area contributed by atoms with Gasteiger partial charge in [-0.3, -0.25) is 9.67 Å². The molecule has 0 saturated carbocycles. The van der Waals surface area contributed by atoms with Gasteiger partial charge in [0.1, 0.15) is 0 Å². The molecule has 0 spiro atoms. The predicted octanol–water partition coefficient (Wildman–Crippen LogP) is 2.90. The number of hydrogen-bond donors (Lipinski definition) is 2. The Hall–Kier alpha value is -0.830. The number of unbranched alkanes of at least 4 members (excludes halogenated alkanes) is 1. The van der Waals surface area contributed by atoms with Crippen molar-refractivity contribution in [3.05, 3.63) is 18.5 Å². The first-order chi connectivity index (χ1) is 11.3. The standard InChI is InChI=1S/C17H33N5O.HI/c1-4-6-12-23-13-8-9-19-17(18-5-2)20-14-16(3)15-22-11-7-10-21-22;/h7,10-11,16H,4-6,8-9,12-15H2,1-3H3,(H2,18,19,20);1H. The highest BCUT2D eigenvalue weighted by molar-refractivity contribution is 14.0. The van der Waals surface area contributed by atoms with E-state index in [4.69, 9.17) is 4.74 Å². The SMILES string of the molecule is CCCCOCCCNC(=NCC(C)Cn1cccn1)NCC.I. The second-order valence-electron chi connectivity index (χ2n) is 5.80. The molecule has 2 N–H and O–H groups in total. The molecule has 1 rings (SSSR count). The van der Waals surface area contributed by atoms with Crippen LogP contribution in [0, 0.1) is 5.92 Å². The normalized spacial score (nSPS) is 12.5. The Morgan fingerprint density at radius 2 is 2.04 bits per heavy atom. The summed E-state index contributed by atoms with van der Waals surface area (Å²) in [6.45, 7) is 11.5. The molecule has 6 nitrogen and oxygen atoms in total. The van der Waals surface area contributed by atoms with Crippen LogP contribution in [0.3, 0.4) is 0 Å². The van der Waals surface area contributed by atoms with Gasteiger partial charge >= 0.3 is 0 Å². The van der Waals surface area contributed by atoms with Gasteiger partial charge in [0.05, 0.1) is 0 Å². The number of aliphatic imine (C=N–C) groups is 1. The van der Waals surface area contributed by atoms with Crippen molar-refractivity contribution in [3.63, 3.8) is 0 Å². The molecule has 0 amide bonds. The molecule has 0 radical (unpaired) electrons. The highest BCUT2D eigenvalue weighted by Crippen LogP contribution is 2.00. The minimum Gasteiger partial charge on any atom is -0.381 e. The lowest BCUT2D eigenvalue weighted by molar-refractivity contribution is 0.129. The zero-order chi connectivity index (χ0) is 16.8. The molecule has 1 unspecified atom stereocenters. The van der Waals surface area contributed by atoms with Crippen LogP contribution in [-0.4, -0.2) is 48.6 Å². The average molecular weight is 451 g/mol. The van der Waals surface area contributed by atoms with Crippen molar-refractivity contribution in [2.75, 3.05) is 32.8 Å². The van der Waals surface area contributed by atoms with Crippen LogP contribution in [0.4, 0.5) is 0 Å². The molecule has 7 heteroatoms. The largest absolute Gasteiger partial charge is 0.381 e. The van der Waals surface area contributed by atoms with E-state index in [9.17, 15) is 0 Å². The number of guanidine groups is 1. The van der Waals surface area contributed by atoms with E-state index in [0.29, 0.717) is 5.92 Å². The number of hydrogen-bond acceptors (Lipinski definition) is 3. The van der Waals surface area contributed by atoms with Gasteiger partial charge in [-0.15, -0.1) is 24.0 Å².